The quantitative estimate of drug-likeness (QED) is 0.622. The van der Waals surface area contributed by atoms with E-state index in [-0.39, 0.29) is 5.91 Å². The molecule has 0 saturated heterocycles. The molecule has 0 saturated carbocycles. The van der Waals surface area contributed by atoms with Gasteiger partial charge in [-0.25, -0.2) is 0 Å². The fraction of sp³-hybridized carbons (Fsp3) is 0.333. The molecule has 1 amide bonds. The van der Waals surface area contributed by atoms with E-state index in [1.165, 1.54) is 11.3 Å². The second kappa shape index (κ2) is 9.04. The van der Waals surface area contributed by atoms with Gasteiger partial charge in [-0.05, 0) is 30.5 Å². The predicted molar refractivity (Wildman–Crippen MR) is 106 cm³/mol. The van der Waals surface area contributed by atoms with Crippen molar-refractivity contribution < 1.29 is 4.79 Å². The molecule has 136 valence electrons. The van der Waals surface area contributed by atoms with E-state index in [1.807, 2.05) is 30.3 Å². The molecule has 0 fully saturated rings. The van der Waals surface area contributed by atoms with E-state index in [0.29, 0.717) is 19.5 Å². The van der Waals surface area contributed by atoms with Crippen LogP contribution in [0.2, 0.25) is 0 Å². The first-order valence-corrected chi connectivity index (χ1v) is 9.22. The smallest absolute Gasteiger partial charge is 0.222 e. The molecule has 0 unspecified atom stereocenters. The number of aliphatic imine (C=N–C) groups is 1. The van der Waals surface area contributed by atoms with Gasteiger partial charge in [-0.3, -0.25) is 9.79 Å². The second-order valence-electron chi connectivity index (χ2n) is 6.28. The molecule has 0 atom stereocenters. The Balaban J connectivity index is 1.54. The maximum atomic E-state index is 12.1. The number of carbonyl (C=O) groups excluding carboxylic acids is 1. The zero-order chi connectivity index (χ0) is 18.2. The third-order valence-corrected chi connectivity index (χ3v) is 4.41. The number of nitrogens with one attached hydrogen (secondary N) is 2. The van der Waals surface area contributed by atoms with Gasteiger partial charge in [0.1, 0.15) is 0 Å². The fourth-order valence-electron chi connectivity index (χ4n) is 3.10. The van der Waals surface area contributed by atoms with E-state index >= 15 is 0 Å². The Bertz CT molecular complexity index is 758. The van der Waals surface area contributed by atoms with Crippen LogP contribution in [0.1, 0.15) is 24.5 Å². The number of guanidine groups is 1. The Morgan fingerprint density at radius 3 is 2.65 bits per heavy atom. The van der Waals surface area contributed by atoms with E-state index in [0.717, 1.165) is 31.0 Å². The molecule has 0 bridgehead atoms. The summed E-state index contributed by atoms with van der Waals surface area (Å²) in [5, 5.41) is 6.29. The van der Waals surface area contributed by atoms with Crippen LogP contribution in [-0.2, 0) is 17.8 Å². The van der Waals surface area contributed by atoms with E-state index < -0.39 is 0 Å². The van der Waals surface area contributed by atoms with Crippen LogP contribution in [-0.4, -0.2) is 31.5 Å². The van der Waals surface area contributed by atoms with Crippen molar-refractivity contribution in [1.29, 1.82) is 0 Å². The lowest BCUT2D eigenvalue weighted by molar-refractivity contribution is -0.121. The normalized spacial score (nSPS) is 13.4. The number of fused-ring (bicyclic) bond motifs is 1. The highest BCUT2D eigenvalue weighted by Gasteiger charge is 2.22. The van der Waals surface area contributed by atoms with E-state index in [2.05, 4.69) is 51.7 Å². The van der Waals surface area contributed by atoms with Gasteiger partial charge in [-0.1, -0.05) is 48.5 Å². The summed E-state index contributed by atoms with van der Waals surface area (Å²) in [4.78, 5) is 18.9. The van der Waals surface area contributed by atoms with Crippen LogP contribution in [0, 0.1) is 0 Å². The summed E-state index contributed by atoms with van der Waals surface area (Å²) < 4.78 is 0. The number of nitrogens with zero attached hydrogens (tertiary/aromatic N) is 2. The average molecular weight is 350 g/mol. The molecular weight excluding hydrogens is 324 g/mol. The highest BCUT2D eigenvalue weighted by molar-refractivity contribution is 5.98. The second-order valence-corrected chi connectivity index (χ2v) is 6.28. The zero-order valence-corrected chi connectivity index (χ0v) is 15.2. The third-order valence-electron chi connectivity index (χ3n) is 4.41. The van der Waals surface area contributed by atoms with Crippen molar-refractivity contribution >= 4 is 17.6 Å². The van der Waals surface area contributed by atoms with Crippen LogP contribution < -0.4 is 15.5 Å². The van der Waals surface area contributed by atoms with Gasteiger partial charge >= 0.3 is 0 Å². The highest BCUT2D eigenvalue weighted by atomic mass is 16.1. The van der Waals surface area contributed by atoms with Crippen LogP contribution in [0.4, 0.5) is 5.69 Å². The molecule has 3 rings (SSSR count). The minimum atomic E-state index is 0.0234. The first-order chi connectivity index (χ1) is 12.8. The van der Waals surface area contributed by atoms with Crippen molar-refractivity contribution in [2.24, 2.45) is 4.99 Å². The summed E-state index contributed by atoms with van der Waals surface area (Å²) in [7, 11) is 0. The zero-order valence-electron chi connectivity index (χ0n) is 15.2. The number of hydrogen-bond donors (Lipinski definition) is 2. The Morgan fingerprint density at radius 1 is 1.08 bits per heavy atom. The summed E-state index contributed by atoms with van der Waals surface area (Å²) in [6.07, 6.45) is 1.41. The van der Waals surface area contributed by atoms with E-state index in [4.69, 9.17) is 0 Å². The molecule has 5 heteroatoms. The summed E-state index contributed by atoms with van der Waals surface area (Å²) in [5.74, 6) is 0.878. The molecule has 2 aromatic rings. The van der Waals surface area contributed by atoms with Gasteiger partial charge in [0.25, 0.3) is 0 Å². The monoisotopic (exact) mass is 350 g/mol. The van der Waals surface area contributed by atoms with E-state index in [1.54, 1.807) is 0 Å². The number of para-hydroxylation sites is 1. The number of amides is 1. The van der Waals surface area contributed by atoms with Gasteiger partial charge in [-0.2, -0.15) is 0 Å². The van der Waals surface area contributed by atoms with Gasteiger partial charge in [-0.15, -0.1) is 0 Å². The predicted octanol–water partition coefficient (Wildman–Crippen LogP) is 2.72. The Hall–Kier alpha value is -2.82. The van der Waals surface area contributed by atoms with Gasteiger partial charge in [0.15, 0.2) is 5.96 Å². The van der Waals surface area contributed by atoms with Crippen molar-refractivity contribution in [3.63, 3.8) is 0 Å². The van der Waals surface area contributed by atoms with Gasteiger partial charge in [0, 0.05) is 31.7 Å². The SMILES string of the molecule is CCNC(=NCCC(=O)NCc1ccccc1)N1CCc2ccccc21. The molecule has 1 aliphatic rings. The summed E-state index contributed by atoms with van der Waals surface area (Å²) in [5.41, 5.74) is 3.66. The summed E-state index contributed by atoms with van der Waals surface area (Å²) in [6, 6.07) is 18.3. The first-order valence-electron chi connectivity index (χ1n) is 9.22. The Morgan fingerprint density at radius 2 is 1.85 bits per heavy atom. The number of anilines is 1. The first kappa shape index (κ1) is 18.0. The van der Waals surface area contributed by atoms with Crippen molar-refractivity contribution in [2.75, 3.05) is 24.5 Å². The van der Waals surface area contributed by atoms with Crippen LogP contribution in [0.15, 0.2) is 59.6 Å². The number of hydrogen-bond acceptors (Lipinski definition) is 2. The molecular formula is C21H26N4O. The summed E-state index contributed by atoms with van der Waals surface area (Å²) in [6.45, 7) is 4.82. The van der Waals surface area contributed by atoms with Crippen LogP contribution >= 0.6 is 0 Å². The molecule has 5 nitrogen and oxygen atoms in total. The molecule has 0 aromatic heterocycles. The average Bonchev–Trinajstić information content (AvgIpc) is 3.10. The molecule has 2 N–H and O–H groups in total. The number of rotatable bonds is 6. The maximum absolute atomic E-state index is 12.1. The van der Waals surface area contributed by atoms with Gasteiger partial charge < -0.3 is 15.5 Å². The fourth-order valence-corrected chi connectivity index (χ4v) is 3.10. The highest BCUT2D eigenvalue weighted by Crippen LogP contribution is 2.27. The minimum absolute atomic E-state index is 0.0234. The van der Waals surface area contributed by atoms with Crippen molar-refractivity contribution in [2.45, 2.75) is 26.3 Å². The molecule has 1 heterocycles. The molecule has 0 spiro atoms. The lowest BCUT2D eigenvalue weighted by atomic mass is 10.2. The van der Waals surface area contributed by atoms with Crippen LogP contribution in [0.5, 0.6) is 0 Å². The third kappa shape index (κ3) is 4.63. The van der Waals surface area contributed by atoms with E-state index in [9.17, 15) is 4.79 Å². The van der Waals surface area contributed by atoms with Gasteiger partial charge in [0.05, 0.1) is 6.54 Å². The lowest BCUT2D eigenvalue weighted by Crippen LogP contribution is -2.40. The number of benzene rings is 2. The lowest BCUT2D eigenvalue weighted by Gasteiger charge is -2.22. The van der Waals surface area contributed by atoms with Crippen LogP contribution in [0.3, 0.4) is 0 Å². The molecule has 26 heavy (non-hydrogen) atoms. The topological polar surface area (TPSA) is 56.7 Å². The summed E-state index contributed by atoms with van der Waals surface area (Å²) >= 11 is 0. The molecule has 0 radical (unpaired) electrons. The number of carbonyl (C=O) groups is 1. The van der Waals surface area contributed by atoms with Crippen molar-refractivity contribution in [3.05, 3.63) is 65.7 Å². The Kier molecular flexibility index (Phi) is 6.25. The van der Waals surface area contributed by atoms with Crippen molar-refractivity contribution in [1.82, 2.24) is 10.6 Å². The molecule has 1 aliphatic heterocycles. The van der Waals surface area contributed by atoms with Crippen LogP contribution in [0.25, 0.3) is 0 Å². The Labute approximate surface area is 155 Å². The maximum Gasteiger partial charge on any atom is 0.222 e. The van der Waals surface area contributed by atoms with Crippen molar-refractivity contribution in [3.8, 4) is 0 Å². The molecule has 2 aromatic carbocycles. The minimum Gasteiger partial charge on any atom is -0.356 e. The standard InChI is InChI=1S/C21H26N4O/c1-2-22-21(25-15-13-18-10-6-7-11-19(18)25)23-14-12-20(26)24-16-17-8-4-3-5-9-17/h3-11H,2,12-16H2,1H3,(H,22,23)(H,24,26). The van der Waals surface area contributed by atoms with Gasteiger partial charge in [0.2, 0.25) is 5.91 Å². The largest absolute Gasteiger partial charge is 0.356 e. The molecule has 0 aliphatic carbocycles.